The highest BCUT2D eigenvalue weighted by Gasteiger charge is 2.06. The largest absolute Gasteiger partial charge is 0.454 e. The molecule has 2 rings (SSSR count). The highest BCUT2D eigenvalue weighted by molar-refractivity contribution is 6.32. The van der Waals surface area contributed by atoms with Crippen molar-refractivity contribution in [3.63, 3.8) is 0 Å². The van der Waals surface area contributed by atoms with E-state index in [4.69, 9.17) is 22.1 Å². The van der Waals surface area contributed by atoms with Crippen LogP contribution in [0.25, 0.3) is 0 Å². The Balaban J connectivity index is 2.18. The Labute approximate surface area is 109 Å². The second-order valence-corrected chi connectivity index (χ2v) is 4.29. The summed E-state index contributed by atoms with van der Waals surface area (Å²) in [5, 5.41) is 0.214. The predicted octanol–water partition coefficient (Wildman–Crippen LogP) is 3.69. The number of benzene rings is 1. The van der Waals surface area contributed by atoms with Gasteiger partial charge in [0.15, 0.2) is 0 Å². The minimum atomic E-state index is -0.405. The number of halogens is 2. The van der Waals surface area contributed by atoms with Gasteiger partial charge in [-0.05, 0) is 37.3 Å². The second kappa shape index (κ2) is 5.33. The minimum absolute atomic E-state index is 0.131. The first-order valence-corrected chi connectivity index (χ1v) is 5.78. The van der Waals surface area contributed by atoms with Gasteiger partial charge in [0.1, 0.15) is 17.3 Å². The normalized spacial score (nSPS) is 12.2. The number of ether oxygens (including phenoxy) is 1. The molecule has 0 aliphatic rings. The number of nitrogens with two attached hydrogens (primary N) is 1. The lowest BCUT2D eigenvalue weighted by molar-refractivity contribution is 0.477. The Hall–Kier alpha value is -1.65. The second-order valence-electron chi connectivity index (χ2n) is 3.88. The molecule has 0 spiro atoms. The average Bonchev–Trinajstić information content (AvgIpc) is 2.33. The fourth-order valence-electron chi connectivity index (χ4n) is 1.41. The molecule has 1 aromatic heterocycles. The molecule has 1 aromatic carbocycles. The molecule has 0 radical (unpaired) electrons. The van der Waals surface area contributed by atoms with Gasteiger partial charge in [-0.15, -0.1) is 0 Å². The van der Waals surface area contributed by atoms with Crippen LogP contribution in [0.2, 0.25) is 5.02 Å². The zero-order valence-electron chi connectivity index (χ0n) is 9.73. The highest BCUT2D eigenvalue weighted by atomic mass is 35.5. The summed E-state index contributed by atoms with van der Waals surface area (Å²) in [4.78, 5) is 4.15. The van der Waals surface area contributed by atoms with Crippen molar-refractivity contribution in [2.45, 2.75) is 13.0 Å². The molecule has 0 aliphatic heterocycles. The maximum Gasteiger partial charge on any atom is 0.146 e. The third kappa shape index (κ3) is 2.97. The van der Waals surface area contributed by atoms with Gasteiger partial charge in [0.2, 0.25) is 0 Å². The van der Waals surface area contributed by atoms with E-state index in [1.807, 2.05) is 6.92 Å². The van der Waals surface area contributed by atoms with Gasteiger partial charge >= 0.3 is 0 Å². The van der Waals surface area contributed by atoms with Gasteiger partial charge in [-0.3, -0.25) is 4.98 Å². The van der Waals surface area contributed by atoms with E-state index >= 15 is 0 Å². The van der Waals surface area contributed by atoms with Crippen molar-refractivity contribution in [3.05, 3.63) is 53.1 Å². The molecule has 1 heterocycles. The first-order valence-electron chi connectivity index (χ1n) is 5.40. The smallest absolute Gasteiger partial charge is 0.146 e. The van der Waals surface area contributed by atoms with Crippen molar-refractivity contribution >= 4 is 11.6 Å². The molecule has 5 heteroatoms. The molecule has 0 fully saturated rings. The van der Waals surface area contributed by atoms with E-state index in [1.165, 1.54) is 18.2 Å². The molecule has 3 nitrogen and oxygen atoms in total. The highest BCUT2D eigenvalue weighted by Crippen LogP contribution is 2.29. The van der Waals surface area contributed by atoms with Gasteiger partial charge in [0.05, 0.1) is 16.9 Å². The quantitative estimate of drug-likeness (QED) is 0.922. The van der Waals surface area contributed by atoms with Crippen LogP contribution in [0, 0.1) is 5.82 Å². The van der Waals surface area contributed by atoms with Gasteiger partial charge in [0, 0.05) is 6.04 Å². The Morgan fingerprint density at radius 1 is 1.33 bits per heavy atom. The van der Waals surface area contributed by atoms with E-state index in [0.717, 1.165) is 5.69 Å². The summed E-state index contributed by atoms with van der Waals surface area (Å²) in [5.41, 5.74) is 6.46. The standard InChI is InChI=1S/C13H12ClFN2O/c1-8(16)12-4-3-10(7-17-12)18-13-5-2-9(15)6-11(13)14/h2-8H,16H2,1H3. The van der Waals surface area contributed by atoms with Crippen LogP contribution in [-0.4, -0.2) is 4.98 Å². The number of hydrogen-bond donors (Lipinski definition) is 1. The lowest BCUT2D eigenvalue weighted by atomic mass is 10.2. The van der Waals surface area contributed by atoms with Gasteiger partial charge in [-0.25, -0.2) is 4.39 Å². The van der Waals surface area contributed by atoms with Crippen molar-refractivity contribution in [2.75, 3.05) is 0 Å². The van der Waals surface area contributed by atoms with Crippen LogP contribution in [0.1, 0.15) is 18.7 Å². The van der Waals surface area contributed by atoms with E-state index in [2.05, 4.69) is 4.98 Å². The molecule has 0 aliphatic carbocycles. The van der Waals surface area contributed by atoms with Gasteiger partial charge < -0.3 is 10.5 Å². The lowest BCUT2D eigenvalue weighted by Gasteiger charge is -2.09. The molecule has 18 heavy (non-hydrogen) atoms. The Kier molecular flexibility index (Phi) is 3.79. The topological polar surface area (TPSA) is 48.1 Å². The van der Waals surface area contributed by atoms with Crippen LogP contribution < -0.4 is 10.5 Å². The summed E-state index contributed by atoms with van der Waals surface area (Å²) >= 11 is 5.86. The van der Waals surface area contributed by atoms with Crippen LogP contribution in [0.5, 0.6) is 11.5 Å². The fraction of sp³-hybridized carbons (Fsp3) is 0.154. The summed E-state index contributed by atoms with van der Waals surface area (Å²) in [5.74, 6) is 0.499. The Morgan fingerprint density at radius 2 is 2.11 bits per heavy atom. The zero-order valence-corrected chi connectivity index (χ0v) is 10.5. The molecular formula is C13H12ClFN2O. The van der Waals surface area contributed by atoms with Crippen molar-refractivity contribution in [2.24, 2.45) is 5.73 Å². The maximum atomic E-state index is 12.9. The molecular weight excluding hydrogens is 255 g/mol. The summed E-state index contributed by atoms with van der Waals surface area (Å²) in [6.07, 6.45) is 1.55. The van der Waals surface area contributed by atoms with Crippen LogP contribution >= 0.6 is 11.6 Å². The fourth-order valence-corrected chi connectivity index (χ4v) is 1.61. The van der Waals surface area contributed by atoms with Gasteiger partial charge in [-0.1, -0.05) is 11.6 Å². The summed E-state index contributed by atoms with van der Waals surface area (Å²) in [6.45, 7) is 1.85. The van der Waals surface area contributed by atoms with E-state index < -0.39 is 5.82 Å². The van der Waals surface area contributed by atoms with Crippen molar-refractivity contribution in [1.29, 1.82) is 0 Å². The van der Waals surface area contributed by atoms with Crippen LogP contribution in [0.4, 0.5) is 4.39 Å². The molecule has 0 saturated carbocycles. The van der Waals surface area contributed by atoms with Crippen molar-refractivity contribution in [1.82, 2.24) is 4.98 Å². The summed E-state index contributed by atoms with van der Waals surface area (Å²) in [6, 6.07) is 7.33. The molecule has 0 bridgehead atoms. The van der Waals surface area contributed by atoms with Crippen LogP contribution in [0.3, 0.4) is 0 Å². The minimum Gasteiger partial charge on any atom is -0.454 e. The number of aromatic nitrogens is 1. The van der Waals surface area contributed by atoms with Gasteiger partial charge in [-0.2, -0.15) is 0 Å². The van der Waals surface area contributed by atoms with E-state index in [0.29, 0.717) is 11.5 Å². The number of pyridine rings is 1. The predicted molar refractivity (Wildman–Crippen MR) is 68.3 cm³/mol. The molecule has 2 N–H and O–H groups in total. The first kappa shape index (κ1) is 12.8. The average molecular weight is 267 g/mol. The Bertz CT molecular complexity index is 543. The van der Waals surface area contributed by atoms with Gasteiger partial charge in [0.25, 0.3) is 0 Å². The molecule has 0 saturated heterocycles. The lowest BCUT2D eigenvalue weighted by Crippen LogP contribution is -2.06. The molecule has 94 valence electrons. The Morgan fingerprint density at radius 3 is 2.67 bits per heavy atom. The zero-order chi connectivity index (χ0) is 13.1. The molecule has 1 unspecified atom stereocenters. The number of hydrogen-bond acceptors (Lipinski definition) is 3. The maximum absolute atomic E-state index is 12.9. The molecule has 1 atom stereocenters. The third-order valence-corrected chi connectivity index (χ3v) is 2.64. The monoisotopic (exact) mass is 266 g/mol. The third-order valence-electron chi connectivity index (χ3n) is 2.35. The van der Waals surface area contributed by atoms with Crippen LogP contribution in [0.15, 0.2) is 36.5 Å². The number of rotatable bonds is 3. The molecule has 0 amide bonds. The van der Waals surface area contributed by atoms with E-state index in [9.17, 15) is 4.39 Å². The first-order chi connectivity index (χ1) is 8.56. The van der Waals surface area contributed by atoms with E-state index in [-0.39, 0.29) is 11.1 Å². The molecule has 2 aromatic rings. The van der Waals surface area contributed by atoms with E-state index in [1.54, 1.807) is 18.3 Å². The number of nitrogens with zero attached hydrogens (tertiary/aromatic N) is 1. The summed E-state index contributed by atoms with van der Waals surface area (Å²) in [7, 11) is 0. The van der Waals surface area contributed by atoms with Crippen molar-refractivity contribution in [3.8, 4) is 11.5 Å². The van der Waals surface area contributed by atoms with Crippen LogP contribution in [-0.2, 0) is 0 Å². The van der Waals surface area contributed by atoms with Crippen molar-refractivity contribution < 1.29 is 9.13 Å². The summed E-state index contributed by atoms with van der Waals surface area (Å²) < 4.78 is 18.4. The SMILES string of the molecule is CC(N)c1ccc(Oc2ccc(F)cc2Cl)cn1.